The SMILES string of the molecule is CNCCc1ccc(SC)cc1SC. The quantitative estimate of drug-likeness (QED) is 0.777. The molecule has 0 aliphatic carbocycles. The number of hydrogen-bond acceptors (Lipinski definition) is 3. The Balaban J connectivity index is 2.82. The van der Waals surface area contributed by atoms with E-state index in [2.05, 4.69) is 36.0 Å². The van der Waals surface area contributed by atoms with E-state index in [0.717, 1.165) is 13.0 Å². The summed E-state index contributed by atoms with van der Waals surface area (Å²) >= 11 is 3.64. The van der Waals surface area contributed by atoms with Crippen molar-refractivity contribution >= 4 is 23.5 Å². The molecule has 0 aliphatic heterocycles. The second-order valence-corrected chi connectivity index (χ2v) is 4.76. The third-order valence-corrected chi connectivity index (χ3v) is 3.68. The largest absolute Gasteiger partial charge is 0.319 e. The van der Waals surface area contributed by atoms with Crippen LogP contribution in [0.25, 0.3) is 0 Å². The van der Waals surface area contributed by atoms with E-state index >= 15 is 0 Å². The van der Waals surface area contributed by atoms with Crippen molar-refractivity contribution < 1.29 is 0 Å². The van der Waals surface area contributed by atoms with Gasteiger partial charge in [-0.2, -0.15) is 0 Å². The Labute approximate surface area is 95.1 Å². The highest BCUT2D eigenvalue weighted by molar-refractivity contribution is 7.99. The predicted molar refractivity (Wildman–Crippen MR) is 67.6 cm³/mol. The summed E-state index contributed by atoms with van der Waals surface area (Å²) in [5.74, 6) is 0. The van der Waals surface area contributed by atoms with Crippen LogP contribution in [0.15, 0.2) is 28.0 Å². The van der Waals surface area contributed by atoms with Gasteiger partial charge in [-0.3, -0.25) is 0 Å². The van der Waals surface area contributed by atoms with Crippen molar-refractivity contribution in [3.63, 3.8) is 0 Å². The Bertz CT molecular complexity index is 287. The standard InChI is InChI=1S/C11H17NS2/c1-12-7-6-9-4-5-10(13-2)8-11(9)14-3/h4-5,8,12H,6-7H2,1-3H3. The van der Waals surface area contributed by atoms with E-state index in [4.69, 9.17) is 0 Å². The molecule has 0 unspecified atom stereocenters. The zero-order valence-electron chi connectivity index (χ0n) is 8.96. The summed E-state index contributed by atoms with van der Waals surface area (Å²) in [5, 5.41) is 3.18. The lowest BCUT2D eigenvalue weighted by molar-refractivity contribution is 0.782. The summed E-state index contributed by atoms with van der Waals surface area (Å²) in [6.07, 6.45) is 5.37. The van der Waals surface area contributed by atoms with Crippen LogP contribution < -0.4 is 5.32 Å². The molecular formula is C11H17NS2. The minimum absolute atomic E-state index is 1.05. The van der Waals surface area contributed by atoms with Crippen LogP contribution in [0.4, 0.5) is 0 Å². The maximum Gasteiger partial charge on any atom is 0.0113 e. The molecule has 0 spiro atoms. The molecule has 0 amide bonds. The van der Waals surface area contributed by atoms with Crippen molar-refractivity contribution in [3.8, 4) is 0 Å². The fourth-order valence-corrected chi connectivity index (χ4v) is 2.51. The molecule has 0 saturated carbocycles. The lowest BCUT2D eigenvalue weighted by atomic mass is 10.1. The Morgan fingerprint density at radius 3 is 2.57 bits per heavy atom. The van der Waals surface area contributed by atoms with Gasteiger partial charge in [-0.25, -0.2) is 0 Å². The number of hydrogen-bond donors (Lipinski definition) is 1. The topological polar surface area (TPSA) is 12.0 Å². The Hall–Kier alpha value is -0.120. The first kappa shape index (κ1) is 12.0. The molecule has 0 bridgehead atoms. The first-order chi connectivity index (χ1) is 6.81. The fraction of sp³-hybridized carbons (Fsp3) is 0.455. The van der Waals surface area contributed by atoms with E-state index in [0.29, 0.717) is 0 Å². The molecule has 0 aliphatic rings. The summed E-state index contributed by atoms with van der Waals surface area (Å²) in [4.78, 5) is 2.76. The molecule has 3 heteroatoms. The molecule has 14 heavy (non-hydrogen) atoms. The van der Waals surface area contributed by atoms with Crippen molar-refractivity contribution in [1.29, 1.82) is 0 Å². The number of benzene rings is 1. The fourth-order valence-electron chi connectivity index (χ4n) is 1.32. The van der Waals surface area contributed by atoms with E-state index in [1.165, 1.54) is 15.4 Å². The average Bonchev–Trinajstić information content (AvgIpc) is 2.26. The van der Waals surface area contributed by atoms with Crippen LogP contribution in [0.5, 0.6) is 0 Å². The third kappa shape index (κ3) is 3.23. The summed E-state index contributed by atoms with van der Waals surface area (Å²) < 4.78 is 0. The summed E-state index contributed by atoms with van der Waals surface area (Å²) in [7, 11) is 2.00. The molecule has 1 rings (SSSR count). The summed E-state index contributed by atoms with van der Waals surface area (Å²) in [5.41, 5.74) is 1.45. The van der Waals surface area contributed by atoms with Gasteiger partial charge in [0, 0.05) is 9.79 Å². The summed E-state index contributed by atoms with van der Waals surface area (Å²) in [6, 6.07) is 6.73. The van der Waals surface area contributed by atoms with Gasteiger partial charge in [-0.05, 0) is 50.2 Å². The Morgan fingerprint density at radius 2 is 2.00 bits per heavy atom. The van der Waals surface area contributed by atoms with Crippen molar-refractivity contribution in [2.24, 2.45) is 0 Å². The lowest BCUT2D eigenvalue weighted by Crippen LogP contribution is -2.10. The average molecular weight is 227 g/mol. The van der Waals surface area contributed by atoms with E-state index in [-0.39, 0.29) is 0 Å². The first-order valence-corrected chi connectivity index (χ1v) is 7.12. The van der Waals surface area contributed by atoms with Crippen molar-refractivity contribution in [2.45, 2.75) is 16.2 Å². The van der Waals surface area contributed by atoms with Crippen molar-refractivity contribution in [3.05, 3.63) is 23.8 Å². The summed E-state index contributed by atoms with van der Waals surface area (Å²) in [6.45, 7) is 1.05. The highest BCUT2D eigenvalue weighted by Gasteiger charge is 2.02. The third-order valence-electron chi connectivity index (χ3n) is 2.14. The van der Waals surface area contributed by atoms with Crippen LogP contribution in [-0.2, 0) is 6.42 Å². The van der Waals surface area contributed by atoms with Gasteiger partial charge in [0.1, 0.15) is 0 Å². The van der Waals surface area contributed by atoms with Gasteiger partial charge in [-0.15, -0.1) is 23.5 Å². The molecule has 78 valence electrons. The number of nitrogens with one attached hydrogen (secondary N) is 1. The molecular weight excluding hydrogens is 210 g/mol. The lowest BCUT2D eigenvalue weighted by Gasteiger charge is -2.08. The van der Waals surface area contributed by atoms with Gasteiger partial charge >= 0.3 is 0 Å². The van der Waals surface area contributed by atoms with Crippen LogP contribution in [0, 0.1) is 0 Å². The second-order valence-electron chi connectivity index (χ2n) is 3.03. The molecule has 0 radical (unpaired) electrons. The number of thioether (sulfide) groups is 2. The Morgan fingerprint density at radius 1 is 1.21 bits per heavy atom. The van der Waals surface area contributed by atoms with Gasteiger partial charge < -0.3 is 5.32 Å². The van der Waals surface area contributed by atoms with Gasteiger partial charge in [-0.1, -0.05) is 6.07 Å². The molecule has 1 aromatic carbocycles. The molecule has 0 atom stereocenters. The van der Waals surface area contributed by atoms with E-state index in [1.807, 2.05) is 18.8 Å². The predicted octanol–water partition coefficient (Wildman–Crippen LogP) is 2.89. The van der Waals surface area contributed by atoms with Crippen LogP contribution >= 0.6 is 23.5 Å². The second kappa shape index (κ2) is 6.38. The molecule has 0 fully saturated rings. The Kier molecular flexibility index (Phi) is 5.45. The molecule has 0 aromatic heterocycles. The highest BCUT2D eigenvalue weighted by Crippen LogP contribution is 2.26. The molecule has 0 heterocycles. The van der Waals surface area contributed by atoms with Gasteiger partial charge in [0.25, 0.3) is 0 Å². The molecule has 0 saturated heterocycles. The minimum Gasteiger partial charge on any atom is -0.319 e. The van der Waals surface area contributed by atoms with Crippen LogP contribution in [0.1, 0.15) is 5.56 Å². The smallest absolute Gasteiger partial charge is 0.0113 e. The maximum absolute atomic E-state index is 3.18. The number of rotatable bonds is 5. The maximum atomic E-state index is 3.18. The zero-order chi connectivity index (χ0) is 10.4. The molecule has 1 N–H and O–H groups in total. The van der Waals surface area contributed by atoms with Crippen LogP contribution in [0.2, 0.25) is 0 Å². The first-order valence-electron chi connectivity index (χ1n) is 4.67. The van der Waals surface area contributed by atoms with Gasteiger partial charge in [0.15, 0.2) is 0 Å². The van der Waals surface area contributed by atoms with Crippen molar-refractivity contribution in [2.75, 3.05) is 26.1 Å². The zero-order valence-corrected chi connectivity index (χ0v) is 10.6. The van der Waals surface area contributed by atoms with E-state index < -0.39 is 0 Å². The van der Waals surface area contributed by atoms with Gasteiger partial charge in [0.2, 0.25) is 0 Å². The van der Waals surface area contributed by atoms with E-state index in [1.54, 1.807) is 11.8 Å². The minimum atomic E-state index is 1.05. The van der Waals surface area contributed by atoms with Gasteiger partial charge in [0.05, 0.1) is 0 Å². The van der Waals surface area contributed by atoms with Crippen LogP contribution in [-0.4, -0.2) is 26.1 Å². The van der Waals surface area contributed by atoms with Crippen LogP contribution in [0.3, 0.4) is 0 Å². The van der Waals surface area contributed by atoms with Crippen molar-refractivity contribution in [1.82, 2.24) is 5.32 Å². The monoisotopic (exact) mass is 227 g/mol. The molecule has 1 nitrogen and oxygen atoms in total. The number of likely N-dealkylation sites (N-methyl/N-ethyl adjacent to an activating group) is 1. The molecule has 1 aromatic rings. The highest BCUT2D eigenvalue weighted by atomic mass is 32.2. The van der Waals surface area contributed by atoms with E-state index in [9.17, 15) is 0 Å². The normalized spacial score (nSPS) is 10.5.